The first kappa shape index (κ1) is 11.5. The highest BCUT2D eigenvalue weighted by Crippen LogP contribution is 2.26. The van der Waals surface area contributed by atoms with E-state index >= 15 is 0 Å². The Morgan fingerprint density at radius 1 is 1.28 bits per heavy atom. The van der Waals surface area contributed by atoms with Crippen LogP contribution >= 0.6 is 22.9 Å². The maximum Gasteiger partial charge on any atom is 0.229 e. The van der Waals surface area contributed by atoms with Gasteiger partial charge in [0.25, 0.3) is 0 Å². The van der Waals surface area contributed by atoms with E-state index in [9.17, 15) is 4.79 Å². The zero-order valence-electron chi connectivity index (χ0n) is 9.57. The van der Waals surface area contributed by atoms with Gasteiger partial charge in [-0.05, 0) is 31.2 Å². The second kappa shape index (κ2) is 4.26. The molecule has 2 nitrogen and oxygen atoms in total. The Labute approximate surface area is 113 Å². The molecule has 0 saturated carbocycles. The van der Waals surface area contributed by atoms with E-state index in [4.69, 9.17) is 16.0 Å². The molecule has 3 rings (SSSR count). The number of benzene rings is 1. The zero-order valence-corrected chi connectivity index (χ0v) is 11.1. The number of carbonyl (C=O) groups is 1. The van der Waals surface area contributed by atoms with Gasteiger partial charge in [-0.2, -0.15) is 0 Å². The van der Waals surface area contributed by atoms with E-state index < -0.39 is 0 Å². The minimum absolute atomic E-state index is 0.132. The average Bonchev–Trinajstić information content (AvgIpc) is 2.93. The highest BCUT2D eigenvalue weighted by Gasteiger charge is 2.15. The number of furan rings is 1. The summed E-state index contributed by atoms with van der Waals surface area (Å²) in [6.45, 7) is 2.01. The Bertz CT molecular complexity index is 739. The van der Waals surface area contributed by atoms with Crippen molar-refractivity contribution in [2.75, 3.05) is 0 Å². The Morgan fingerprint density at radius 3 is 2.83 bits per heavy atom. The van der Waals surface area contributed by atoms with Gasteiger partial charge < -0.3 is 4.42 Å². The summed E-state index contributed by atoms with van der Waals surface area (Å²) in [4.78, 5) is 12.2. The van der Waals surface area contributed by atoms with E-state index in [0.717, 1.165) is 16.5 Å². The fourth-order valence-corrected chi connectivity index (χ4v) is 2.71. The Morgan fingerprint density at radius 2 is 2.11 bits per heavy atom. The van der Waals surface area contributed by atoms with Crippen LogP contribution in [-0.4, -0.2) is 5.78 Å². The van der Waals surface area contributed by atoms with Crippen LogP contribution in [-0.2, 0) is 0 Å². The number of thiophene rings is 1. The van der Waals surface area contributed by atoms with Crippen molar-refractivity contribution in [2.45, 2.75) is 6.92 Å². The molecule has 0 aliphatic carbocycles. The number of ketones is 1. The second-order valence-electron chi connectivity index (χ2n) is 4.12. The molecule has 0 saturated heterocycles. The van der Waals surface area contributed by atoms with Crippen LogP contribution in [0.3, 0.4) is 0 Å². The SMILES string of the molecule is Cc1ccc2oc(C(=O)c3csc(Cl)c3)cc2c1. The van der Waals surface area contributed by atoms with Crippen LogP contribution in [0.4, 0.5) is 0 Å². The van der Waals surface area contributed by atoms with Crippen molar-refractivity contribution in [1.29, 1.82) is 0 Å². The van der Waals surface area contributed by atoms with Crippen LogP contribution in [0, 0.1) is 6.92 Å². The molecule has 0 bridgehead atoms. The molecule has 0 spiro atoms. The molecule has 18 heavy (non-hydrogen) atoms. The lowest BCUT2D eigenvalue weighted by Gasteiger charge is -1.91. The maximum atomic E-state index is 12.2. The molecule has 90 valence electrons. The molecule has 0 fully saturated rings. The van der Waals surface area contributed by atoms with Crippen molar-refractivity contribution in [2.24, 2.45) is 0 Å². The van der Waals surface area contributed by atoms with E-state index in [-0.39, 0.29) is 5.78 Å². The van der Waals surface area contributed by atoms with Gasteiger partial charge in [-0.3, -0.25) is 4.79 Å². The maximum absolute atomic E-state index is 12.2. The number of halogens is 1. The molecule has 2 aromatic heterocycles. The van der Waals surface area contributed by atoms with Crippen molar-refractivity contribution in [3.05, 3.63) is 56.9 Å². The number of aryl methyl sites for hydroxylation is 1. The molecule has 0 atom stereocenters. The lowest BCUT2D eigenvalue weighted by molar-refractivity contribution is 0.101. The second-order valence-corrected chi connectivity index (χ2v) is 5.66. The summed E-state index contributed by atoms with van der Waals surface area (Å²) in [5.41, 5.74) is 2.44. The third-order valence-corrected chi connectivity index (χ3v) is 3.82. The molecule has 0 radical (unpaired) electrons. The first-order chi connectivity index (χ1) is 8.63. The topological polar surface area (TPSA) is 30.2 Å². The third-order valence-electron chi connectivity index (χ3n) is 2.73. The largest absolute Gasteiger partial charge is 0.453 e. The summed E-state index contributed by atoms with van der Waals surface area (Å²) < 4.78 is 6.16. The van der Waals surface area contributed by atoms with Crippen LogP contribution in [0.25, 0.3) is 11.0 Å². The summed E-state index contributed by atoms with van der Waals surface area (Å²) in [6, 6.07) is 9.27. The fraction of sp³-hybridized carbons (Fsp3) is 0.0714. The first-order valence-corrected chi connectivity index (χ1v) is 6.68. The van der Waals surface area contributed by atoms with Gasteiger partial charge in [-0.25, -0.2) is 0 Å². The van der Waals surface area contributed by atoms with Crippen LogP contribution in [0.15, 0.2) is 40.1 Å². The molecule has 0 aliphatic rings. The van der Waals surface area contributed by atoms with Crippen LogP contribution < -0.4 is 0 Å². The minimum Gasteiger partial charge on any atom is -0.453 e. The lowest BCUT2D eigenvalue weighted by Crippen LogP contribution is -1.96. The van der Waals surface area contributed by atoms with Crippen molar-refractivity contribution in [3.63, 3.8) is 0 Å². The summed E-state index contributed by atoms with van der Waals surface area (Å²) in [5, 5.41) is 2.68. The van der Waals surface area contributed by atoms with Gasteiger partial charge in [0, 0.05) is 16.3 Å². The molecule has 4 heteroatoms. The standard InChI is InChI=1S/C14H9ClO2S/c1-8-2-3-11-9(4-8)5-12(17-11)14(16)10-6-13(15)18-7-10/h2-7H,1H3. The molecule has 0 N–H and O–H groups in total. The zero-order chi connectivity index (χ0) is 12.7. The van der Waals surface area contributed by atoms with Crippen molar-refractivity contribution >= 4 is 39.7 Å². The third kappa shape index (κ3) is 1.96. The van der Waals surface area contributed by atoms with E-state index in [0.29, 0.717) is 15.7 Å². The van der Waals surface area contributed by atoms with Gasteiger partial charge in [0.1, 0.15) is 5.58 Å². The quantitative estimate of drug-likeness (QED) is 0.636. The minimum atomic E-state index is -0.132. The van der Waals surface area contributed by atoms with Gasteiger partial charge in [0.05, 0.1) is 4.34 Å². The van der Waals surface area contributed by atoms with Crippen LogP contribution in [0.1, 0.15) is 21.7 Å². The lowest BCUT2D eigenvalue weighted by atomic mass is 10.1. The Hall–Kier alpha value is -1.58. The van der Waals surface area contributed by atoms with Crippen molar-refractivity contribution in [3.8, 4) is 0 Å². The number of hydrogen-bond acceptors (Lipinski definition) is 3. The summed E-state index contributed by atoms with van der Waals surface area (Å²) in [7, 11) is 0. The normalized spacial score (nSPS) is 11.0. The van der Waals surface area contributed by atoms with E-state index in [2.05, 4.69) is 0 Å². The van der Waals surface area contributed by atoms with E-state index in [1.807, 2.05) is 25.1 Å². The van der Waals surface area contributed by atoms with Crippen molar-refractivity contribution < 1.29 is 9.21 Å². The molecule has 0 unspecified atom stereocenters. The van der Waals surface area contributed by atoms with Crippen LogP contribution in [0.5, 0.6) is 0 Å². The summed E-state index contributed by atoms with van der Waals surface area (Å²) in [6.07, 6.45) is 0. The predicted octanol–water partition coefficient (Wildman–Crippen LogP) is 4.69. The van der Waals surface area contributed by atoms with Gasteiger partial charge in [-0.15, -0.1) is 11.3 Å². The number of hydrogen-bond donors (Lipinski definition) is 0. The highest BCUT2D eigenvalue weighted by molar-refractivity contribution is 7.14. The molecule has 1 aromatic carbocycles. The van der Waals surface area contributed by atoms with E-state index in [1.54, 1.807) is 17.5 Å². The van der Waals surface area contributed by atoms with Gasteiger partial charge in [-0.1, -0.05) is 23.2 Å². The van der Waals surface area contributed by atoms with Gasteiger partial charge in [0.2, 0.25) is 5.78 Å². The molecular weight excluding hydrogens is 268 g/mol. The van der Waals surface area contributed by atoms with E-state index in [1.165, 1.54) is 11.3 Å². The Balaban J connectivity index is 2.06. The van der Waals surface area contributed by atoms with Gasteiger partial charge >= 0.3 is 0 Å². The summed E-state index contributed by atoms with van der Waals surface area (Å²) >= 11 is 7.17. The number of carbonyl (C=O) groups excluding carboxylic acids is 1. The molecule has 3 aromatic rings. The molecule has 0 aliphatic heterocycles. The molecule has 2 heterocycles. The fourth-order valence-electron chi connectivity index (χ4n) is 1.85. The number of fused-ring (bicyclic) bond motifs is 1. The highest BCUT2D eigenvalue weighted by atomic mass is 35.5. The van der Waals surface area contributed by atoms with Crippen molar-refractivity contribution in [1.82, 2.24) is 0 Å². The number of rotatable bonds is 2. The Kier molecular flexibility index (Phi) is 2.73. The smallest absolute Gasteiger partial charge is 0.229 e. The first-order valence-electron chi connectivity index (χ1n) is 5.42. The molecule has 0 amide bonds. The van der Waals surface area contributed by atoms with Crippen LogP contribution in [0.2, 0.25) is 4.34 Å². The average molecular weight is 277 g/mol. The monoisotopic (exact) mass is 276 g/mol. The summed E-state index contributed by atoms with van der Waals surface area (Å²) in [5.74, 6) is 0.220. The molecular formula is C14H9ClO2S. The predicted molar refractivity (Wildman–Crippen MR) is 73.7 cm³/mol. The van der Waals surface area contributed by atoms with Gasteiger partial charge in [0.15, 0.2) is 5.76 Å².